The minimum absolute atomic E-state index is 0.0868. The van der Waals surface area contributed by atoms with Crippen molar-refractivity contribution in [2.75, 3.05) is 19.7 Å². The van der Waals surface area contributed by atoms with Crippen LogP contribution in [0, 0.1) is 11.3 Å². The van der Waals surface area contributed by atoms with Gasteiger partial charge in [-0.15, -0.1) is 0 Å². The average molecular weight is 295 g/mol. The van der Waals surface area contributed by atoms with Crippen molar-refractivity contribution in [3.8, 4) is 0 Å². The molecule has 3 heteroatoms. The lowest BCUT2D eigenvalue weighted by atomic mass is 9.86. The maximum absolute atomic E-state index is 9.58. The molecule has 1 saturated heterocycles. The van der Waals surface area contributed by atoms with Gasteiger partial charge in [0.05, 0.1) is 6.61 Å². The summed E-state index contributed by atoms with van der Waals surface area (Å²) in [5.41, 5.74) is 2.53. The van der Waals surface area contributed by atoms with Crippen LogP contribution in [0.4, 0.5) is 0 Å². The Hall–Kier alpha value is -0.430. The predicted molar refractivity (Wildman–Crippen MR) is 91.5 cm³/mol. The summed E-state index contributed by atoms with van der Waals surface area (Å²) < 4.78 is 2.30. The van der Waals surface area contributed by atoms with E-state index in [1.165, 1.54) is 18.4 Å². The van der Waals surface area contributed by atoms with Crippen LogP contribution >= 0.6 is 9.39 Å². The fourth-order valence-corrected chi connectivity index (χ4v) is 2.93. The molecule has 2 rings (SSSR count). The molecule has 0 aromatic heterocycles. The van der Waals surface area contributed by atoms with Gasteiger partial charge in [-0.05, 0) is 29.9 Å². The maximum atomic E-state index is 9.58. The van der Waals surface area contributed by atoms with Crippen LogP contribution in [0.25, 0.3) is 0 Å². The zero-order chi connectivity index (χ0) is 15.2. The SMILES string of the molecule is CC.CC1(C)C=CC(CO)=C(C2CCN(P)CC2)C=C1. The maximum Gasteiger partial charge on any atom is 0.0684 e. The van der Waals surface area contributed by atoms with Gasteiger partial charge in [0.15, 0.2) is 0 Å². The number of aliphatic hydroxyl groups is 1. The molecular weight excluding hydrogens is 265 g/mol. The van der Waals surface area contributed by atoms with Gasteiger partial charge in [0.2, 0.25) is 0 Å². The van der Waals surface area contributed by atoms with Crippen molar-refractivity contribution in [2.24, 2.45) is 11.3 Å². The van der Waals surface area contributed by atoms with Crippen molar-refractivity contribution in [3.63, 3.8) is 0 Å². The highest BCUT2D eigenvalue weighted by Crippen LogP contribution is 2.33. The molecule has 0 aromatic rings. The van der Waals surface area contributed by atoms with Gasteiger partial charge in [0.25, 0.3) is 0 Å². The van der Waals surface area contributed by atoms with Crippen LogP contribution < -0.4 is 0 Å². The van der Waals surface area contributed by atoms with E-state index in [0.29, 0.717) is 5.92 Å². The second kappa shape index (κ2) is 8.12. The Labute approximate surface area is 126 Å². The standard InChI is InChI=1S/C15H24NOP.C2H6/c1-15(2)7-3-13(11-17)14(4-8-15)12-5-9-16(18)10-6-12;1-2/h3-4,7-8,12,17H,5-6,9-11,18H2,1-2H3;1-2H3. The van der Waals surface area contributed by atoms with E-state index < -0.39 is 0 Å². The van der Waals surface area contributed by atoms with Crippen LogP contribution in [-0.2, 0) is 0 Å². The molecule has 2 nitrogen and oxygen atoms in total. The predicted octanol–water partition coefficient (Wildman–Crippen LogP) is 3.96. The largest absolute Gasteiger partial charge is 0.392 e. The third-order valence-electron chi connectivity index (χ3n) is 3.92. The lowest BCUT2D eigenvalue weighted by Gasteiger charge is -2.30. The molecule has 2 aliphatic rings. The van der Waals surface area contributed by atoms with Crippen molar-refractivity contribution in [3.05, 3.63) is 35.5 Å². The summed E-state index contributed by atoms with van der Waals surface area (Å²) in [5.74, 6) is 0.596. The minimum Gasteiger partial charge on any atom is -0.392 e. The van der Waals surface area contributed by atoms with Crippen molar-refractivity contribution < 1.29 is 5.11 Å². The van der Waals surface area contributed by atoms with Crippen LogP contribution in [-0.4, -0.2) is 29.5 Å². The van der Waals surface area contributed by atoms with E-state index in [1.54, 1.807) is 0 Å². The first-order valence-corrected chi connectivity index (χ1v) is 8.25. The van der Waals surface area contributed by atoms with Gasteiger partial charge in [0.1, 0.15) is 0 Å². The lowest BCUT2D eigenvalue weighted by molar-refractivity contribution is 0.311. The molecule has 1 atom stereocenters. The number of piperidine rings is 1. The summed E-state index contributed by atoms with van der Waals surface area (Å²) in [6, 6.07) is 0. The number of hydrogen-bond donors (Lipinski definition) is 1. The lowest BCUT2D eigenvalue weighted by Crippen LogP contribution is -2.27. The number of hydrogen-bond acceptors (Lipinski definition) is 2. The molecule has 0 saturated carbocycles. The van der Waals surface area contributed by atoms with Crippen molar-refractivity contribution in [1.29, 1.82) is 0 Å². The van der Waals surface area contributed by atoms with E-state index in [0.717, 1.165) is 18.7 Å². The van der Waals surface area contributed by atoms with E-state index in [-0.39, 0.29) is 12.0 Å². The van der Waals surface area contributed by atoms with Crippen LogP contribution in [0.5, 0.6) is 0 Å². The Kier molecular flexibility index (Phi) is 7.15. The van der Waals surface area contributed by atoms with E-state index in [9.17, 15) is 5.11 Å². The second-order valence-electron chi connectivity index (χ2n) is 5.94. The van der Waals surface area contributed by atoms with Gasteiger partial charge in [-0.3, -0.25) is 4.67 Å². The first-order chi connectivity index (χ1) is 9.52. The Morgan fingerprint density at radius 2 is 1.75 bits per heavy atom. The summed E-state index contributed by atoms with van der Waals surface area (Å²) in [5, 5.41) is 9.58. The number of nitrogens with zero attached hydrogens (tertiary/aromatic N) is 1. The number of rotatable bonds is 2. The minimum atomic E-state index is 0.0868. The monoisotopic (exact) mass is 295 g/mol. The first-order valence-electron chi connectivity index (χ1n) is 7.74. The molecule has 0 bridgehead atoms. The number of aliphatic hydroxyl groups excluding tert-OH is 1. The fraction of sp³-hybridized carbons (Fsp3) is 0.647. The highest BCUT2D eigenvalue weighted by molar-refractivity contribution is 7.13. The third-order valence-corrected chi connectivity index (χ3v) is 4.43. The third kappa shape index (κ3) is 4.84. The molecule has 1 fully saturated rings. The Morgan fingerprint density at radius 3 is 2.30 bits per heavy atom. The van der Waals surface area contributed by atoms with Crippen LogP contribution in [0.15, 0.2) is 35.5 Å². The summed E-state index contributed by atoms with van der Waals surface area (Å²) in [7, 11) is 2.79. The number of allylic oxidation sites excluding steroid dienone is 4. The van der Waals surface area contributed by atoms with Crippen molar-refractivity contribution >= 4 is 9.39 Å². The van der Waals surface area contributed by atoms with Gasteiger partial charge >= 0.3 is 0 Å². The highest BCUT2D eigenvalue weighted by Gasteiger charge is 2.23. The smallest absolute Gasteiger partial charge is 0.0684 e. The molecule has 0 spiro atoms. The van der Waals surface area contributed by atoms with Crippen LogP contribution in [0.2, 0.25) is 0 Å². The topological polar surface area (TPSA) is 23.5 Å². The van der Waals surface area contributed by atoms with E-state index in [2.05, 4.69) is 52.2 Å². The summed E-state index contributed by atoms with van der Waals surface area (Å²) in [6.07, 6.45) is 11.2. The molecule has 114 valence electrons. The summed E-state index contributed by atoms with van der Waals surface area (Å²) >= 11 is 0. The average Bonchev–Trinajstić information content (AvgIpc) is 2.60. The Balaban J connectivity index is 0.000000956. The summed E-state index contributed by atoms with van der Waals surface area (Å²) in [6.45, 7) is 10.8. The normalized spacial score (nSPS) is 23.3. The van der Waals surface area contributed by atoms with Gasteiger partial charge in [-0.2, -0.15) is 0 Å². The molecule has 1 aliphatic carbocycles. The Morgan fingerprint density at radius 1 is 1.20 bits per heavy atom. The molecule has 1 N–H and O–H groups in total. The van der Waals surface area contributed by atoms with Gasteiger partial charge in [0, 0.05) is 18.5 Å². The zero-order valence-electron chi connectivity index (χ0n) is 13.4. The molecule has 1 heterocycles. The molecule has 1 unspecified atom stereocenters. The highest BCUT2D eigenvalue weighted by atomic mass is 31.0. The quantitative estimate of drug-likeness (QED) is 0.780. The van der Waals surface area contributed by atoms with Gasteiger partial charge in [-0.25, -0.2) is 0 Å². The van der Waals surface area contributed by atoms with Gasteiger partial charge in [-0.1, -0.05) is 61.4 Å². The van der Waals surface area contributed by atoms with Gasteiger partial charge < -0.3 is 5.11 Å². The molecular formula is C17H30NOP. The first kappa shape index (κ1) is 17.6. The zero-order valence-corrected chi connectivity index (χ0v) is 14.5. The van der Waals surface area contributed by atoms with E-state index >= 15 is 0 Å². The molecule has 1 aliphatic heterocycles. The van der Waals surface area contributed by atoms with E-state index in [4.69, 9.17) is 0 Å². The second-order valence-corrected chi connectivity index (χ2v) is 6.67. The van der Waals surface area contributed by atoms with E-state index in [1.807, 2.05) is 13.8 Å². The molecule has 0 amide bonds. The molecule has 0 radical (unpaired) electrons. The summed E-state index contributed by atoms with van der Waals surface area (Å²) in [4.78, 5) is 0. The Bertz CT molecular complexity index is 388. The van der Waals surface area contributed by atoms with Crippen LogP contribution in [0.3, 0.4) is 0 Å². The van der Waals surface area contributed by atoms with Crippen LogP contribution in [0.1, 0.15) is 40.5 Å². The molecule has 0 aromatic carbocycles. The van der Waals surface area contributed by atoms with Crippen molar-refractivity contribution in [2.45, 2.75) is 40.5 Å². The van der Waals surface area contributed by atoms with Crippen molar-refractivity contribution in [1.82, 2.24) is 4.67 Å². The fourth-order valence-electron chi connectivity index (χ4n) is 2.63. The molecule has 20 heavy (non-hydrogen) atoms.